The van der Waals surface area contributed by atoms with Gasteiger partial charge in [-0.1, -0.05) is 46.8 Å². The highest BCUT2D eigenvalue weighted by Gasteiger charge is 2.67. The summed E-state index contributed by atoms with van der Waals surface area (Å²) in [6, 6.07) is 5.68. The molecule has 1 unspecified atom stereocenters. The summed E-state index contributed by atoms with van der Waals surface area (Å²) in [6.45, 7) is 12.2. The van der Waals surface area contributed by atoms with Crippen LogP contribution in [0, 0.1) is 22.6 Å². The molecule has 2 rings (SSSR count). The molecule has 20 heavy (non-hydrogen) atoms. The van der Waals surface area contributed by atoms with Crippen molar-refractivity contribution in [3.63, 3.8) is 0 Å². The summed E-state index contributed by atoms with van der Waals surface area (Å²) in [6.07, 6.45) is 1.06. The number of hydrogen-bond donors (Lipinski definition) is 1. The van der Waals surface area contributed by atoms with E-state index in [0.717, 1.165) is 18.5 Å². The van der Waals surface area contributed by atoms with E-state index in [0.29, 0.717) is 10.4 Å². The lowest BCUT2D eigenvalue weighted by atomic mass is 9.96. The van der Waals surface area contributed by atoms with E-state index in [4.69, 9.17) is 0 Å². The van der Waals surface area contributed by atoms with Crippen LogP contribution in [0.2, 0.25) is 0 Å². The lowest BCUT2D eigenvalue weighted by Crippen LogP contribution is -2.27. The van der Waals surface area contributed by atoms with Crippen LogP contribution in [0.25, 0.3) is 0 Å². The minimum atomic E-state index is -0.125. The highest BCUT2D eigenvalue weighted by Crippen LogP contribution is 2.72. The van der Waals surface area contributed by atoms with Crippen LogP contribution in [0.4, 0.5) is 4.39 Å². The Morgan fingerprint density at radius 2 is 1.85 bits per heavy atom. The SMILES string of the molecule is CCCNC(c1cccc(Br)c1F)C1C(C)(C)C1(C)C. The summed E-state index contributed by atoms with van der Waals surface area (Å²) in [5.41, 5.74) is 1.25. The first-order valence-electron chi connectivity index (χ1n) is 7.42. The van der Waals surface area contributed by atoms with Crippen LogP contribution in [0.15, 0.2) is 22.7 Å². The average Bonchev–Trinajstić information content (AvgIpc) is 2.77. The predicted molar refractivity (Wildman–Crippen MR) is 86.2 cm³/mol. The maximum atomic E-state index is 14.5. The second kappa shape index (κ2) is 5.42. The molecule has 0 aromatic heterocycles. The molecule has 0 aliphatic heterocycles. The molecule has 1 aromatic rings. The molecule has 0 spiro atoms. The van der Waals surface area contributed by atoms with Crippen LogP contribution >= 0.6 is 15.9 Å². The summed E-state index contributed by atoms with van der Waals surface area (Å²) in [7, 11) is 0. The van der Waals surface area contributed by atoms with E-state index in [-0.39, 0.29) is 22.7 Å². The molecule has 0 bridgehead atoms. The first-order valence-corrected chi connectivity index (χ1v) is 8.21. The molecule has 3 heteroatoms. The van der Waals surface area contributed by atoms with E-state index in [1.165, 1.54) is 0 Å². The molecule has 0 radical (unpaired) electrons. The fourth-order valence-corrected chi connectivity index (χ4v) is 3.93. The van der Waals surface area contributed by atoms with E-state index in [2.05, 4.69) is 55.9 Å². The van der Waals surface area contributed by atoms with E-state index in [1.807, 2.05) is 12.1 Å². The van der Waals surface area contributed by atoms with Gasteiger partial charge in [0.2, 0.25) is 0 Å². The highest BCUT2D eigenvalue weighted by molar-refractivity contribution is 9.10. The Kier molecular flexibility index (Phi) is 4.32. The molecule has 1 atom stereocenters. The largest absolute Gasteiger partial charge is 0.310 e. The van der Waals surface area contributed by atoms with Gasteiger partial charge in [-0.05, 0) is 51.7 Å². The monoisotopic (exact) mass is 341 g/mol. The van der Waals surface area contributed by atoms with Crippen LogP contribution < -0.4 is 5.32 Å². The smallest absolute Gasteiger partial charge is 0.142 e. The second-order valence-electron chi connectivity index (χ2n) is 7.00. The molecule has 0 amide bonds. The number of nitrogens with one attached hydrogen (secondary N) is 1. The van der Waals surface area contributed by atoms with Crippen molar-refractivity contribution in [3.8, 4) is 0 Å². The topological polar surface area (TPSA) is 12.0 Å². The average molecular weight is 342 g/mol. The van der Waals surface area contributed by atoms with Crippen molar-refractivity contribution in [2.45, 2.75) is 47.1 Å². The molecule has 1 aliphatic rings. The third-order valence-electron chi connectivity index (χ3n) is 5.40. The van der Waals surface area contributed by atoms with Gasteiger partial charge in [0.1, 0.15) is 5.82 Å². The van der Waals surface area contributed by atoms with Crippen LogP contribution in [0.3, 0.4) is 0 Å². The Labute approximate surface area is 130 Å². The van der Waals surface area contributed by atoms with Gasteiger partial charge in [0.15, 0.2) is 0 Å². The predicted octanol–water partition coefficient (Wildman–Crippen LogP) is 5.31. The summed E-state index contributed by atoms with van der Waals surface area (Å²) < 4.78 is 15.0. The van der Waals surface area contributed by atoms with E-state index in [9.17, 15) is 4.39 Å². The Morgan fingerprint density at radius 3 is 2.35 bits per heavy atom. The highest BCUT2D eigenvalue weighted by atomic mass is 79.9. The maximum Gasteiger partial charge on any atom is 0.142 e. The Bertz CT molecular complexity index is 482. The zero-order valence-corrected chi connectivity index (χ0v) is 14.6. The Morgan fingerprint density at radius 1 is 1.25 bits per heavy atom. The summed E-state index contributed by atoms with van der Waals surface area (Å²) in [5.74, 6) is 0.324. The van der Waals surface area contributed by atoms with Crippen molar-refractivity contribution in [2.24, 2.45) is 16.7 Å². The van der Waals surface area contributed by atoms with Gasteiger partial charge in [-0.2, -0.15) is 0 Å². The van der Waals surface area contributed by atoms with Crippen LogP contribution in [0.1, 0.15) is 52.6 Å². The first kappa shape index (κ1) is 16.0. The van der Waals surface area contributed by atoms with Gasteiger partial charge in [0.25, 0.3) is 0 Å². The van der Waals surface area contributed by atoms with Gasteiger partial charge < -0.3 is 5.32 Å². The van der Waals surface area contributed by atoms with Crippen molar-refractivity contribution < 1.29 is 4.39 Å². The van der Waals surface area contributed by atoms with E-state index >= 15 is 0 Å². The van der Waals surface area contributed by atoms with Gasteiger partial charge in [0, 0.05) is 11.6 Å². The van der Waals surface area contributed by atoms with E-state index in [1.54, 1.807) is 6.07 Å². The summed E-state index contributed by atoms with van der Waals surface area (Å²) in [5, 5.41) is 3.57. The van der Waals surface area contributed by atoms with Gasteiger partial charge in [0.05, 0.1) is 4.47 Å². The normalized spacial score (nSPS) is 21.8. The molecule has 1 nitrogen and oxygen atoms in total. The van der Waals surface area contributed by atoms with Gasteiger partial charge in [-0.15, -0.1) is 0 Å². The fraction of sp³-hybridized carbons (Fsp3) is 0.647. The van der Waals surface area contributed by atoms with Crippen LogP contribution in [-0.2, 0) is 0 Å². The van der Waals surface area contributed by atoms with E-state index < -0.39 is 0 Å². The molecule has 1 fully saturated rings. The number of benzene rings is 1. The Balaban J connectivity index is 2.37. The van der Waals surface area contributed by atoms with Crippen molar-refractivity contribution in [1.82, 2.24) is 5.32 Å². The summed E-state index contributed by atoms with van der Waals surface area (Å²) in [4.78, 5) is 0. The van der Waals surface area contributed by atoms with Crippen molar-refractivity contribution in [3.05, 3.63) is 34.1 Å². The standard InChI is InChI=1S/C17H25BrFN/c1-6-10-20-14(15-16(2,3)17(15,4)5)11-8-7-9-12(18)13(11)19/h7-9,14-15,20H,6,10H2,1-5H3. The molecule has 1 aliphatic carbocycles. The molecule has 0 saturated heterocycles. The first-order chi connectivity index (χ1) is 9.25. The number of rotatable bonds is 5. The van der Waals surface area contributed by atoms with Crippen molar-refractivity contribution in [1.29, 1.82) is 0 Å². The minimum Gasteiger partial charge on any atom is -0.310 e. The van der Waals surface area contributed by atoms with Gasteiger partial charge in [-0.25, -0.2) is 4.39 Å². The summed E-state index contributed by atoms with van der Waals surface area (Å²) >= 11 is 3.31. The number of hydrogen-bond acceptors (Lipinski definition) is 1. The third kappa shape index (κ3) is 2.43. The molecule has 1 N–H and O–H groups in total. The third-order valence-corrected chi connectivity index (χ3v) is 6.01. The lowest BCUT2D eigenvalue weighted by Gasteiger charge is -2.22. The van der Waals surface area contributed by atoms with Crippen molar-refractivity contribution >= 4 is 15.9 Å². The zero-order chi connectivity index (χ0) is 15.1. The number of halogens is 2. The lowest BCUT2D eigenvalue weighted by molar-refractivity contribution is 0.395. The molecule has 1 aromatic carbocycles. The maximum absolute atomic E-state index is 14.5. The molecular weight excluding hydrogens is 317 g/mol. The minimum absolute atomic E-state index is 0.0810. The second-order valence-corrected chi connectivity index (χ2v) is 7.85. The Hall–Kier alpha value is -0.410. The van der Waals surface area contributed by atoms with Gasteiger partial charge >= 0.3 is 0 Å². The quantitative estimate of drug-likeness (QED) is 0.764. The van der Waals surface area contributed by atoms with Crippen LogP contribution in [0.5, 0.6) is 0 Å². The van der Waals surface area contributed by atoms with Crippen LogP contribution in [-0.4, -0.2) is 6.54 Å². The molecule has 0 heterocycles. The van der Waals surface area contributed by atoms with Gasteiger partial charge in [-0.3, -0.25) is 0 Å². The zero-order valence-electron chi connectivity index (χ0n) is 13.1. The fourth-order valence-electron chi connectivity index (χ4n) is 3.55. The van der Waals surface area contributed by atoms with Crippen molar-refractivity contribution in [2.75, 3.05) is 6.54 Å². The molecule has 1 saturated carbocycles. The molecule has 112 valence electrons. The molecular formula is C17H25BrFN.